The van der Waals surface area contributed by atoms with Crippen LogP contribution < -0.4 is 0 Å². The van der Waals surface area contributed by atoms with E-state index >= 15 is 0 Å². The van der Waals surface area contributed by atoms with Crippen molar-refractivity contribution in [3.63, 3.8) is 0 Å². The molecule has 2 rings (SSSR count). The third-order valence-corrected chi connectivity index (χ3v) is 1.64. The van der Waals surface area contributed by atoms with Crippen LogP contribution in [0.3, 0.4) is 0 Å². The summed E-state index contributed by atoms with van der Waals surface area (Å²) in [6.45, 7) is 5.87. The molecule has 0 radical (unpaired) electrons. The van der Waals surface area contributed by atoms with Gasteiger partial charge in [-0.25, -0.2) is 4.98 Å². The second-order valence-corrected chi connectivity index (χ2v) is 2.39. The van der Waals surface area contributed by atoms with Crippen LogP contribution in [0, 0.1) is 12.9 Å². The van der Waals surface area contributed by atoms with Gasteiger partial charge < -0.3 is 0 Å². The van der Waals surface area contributed by atoms with E-state index in [9.17, 15) is 4.39 Å². The normalized spacial score (nSPS) is 9.54. The van der Waals surface area contributed by atoms with Gasteiger partial charge in [-0.2, -0.15) is 9.49 Å². The van der Waals surface area contributed by atoms with Gasteiger partial charge in [-0.3, -0.25) is 5.10 Å². The lowest BCUT2D eigenvalue weighted by Crippen LogP contribution is -1.85. The minimum Gasteiger partial charge on any atom is -0.273 e. The molecule has 2 heterocycles. The predicted molar refractivity (Wildman–Crippen MR) is 49.9 cm³/mol. The Labute approximate surface area is 76.0 Å². The molecule has 2 aromatic heterocycles. The van der Waals surface area contributed by atoms with Crippen molar-refractivity contribution < 1.29 is 4.39 Å². The highest BCUT2D eigenvalue weighted by Gasteiger charge is 2.04. The molecule has 3 nitrogen and oxygen atoms in total. The molecule has 70 valence electrons. The van der Waals surface area contributed by atoms with Crippen LogP contribution in [0.2, 0.25) is 0 Å². The van der Waals surface area contributed by atoms with Crippen molar-refractivity contribution in [1.82, 2.24) is 15.2 Å². The Hall–Kier alpha value is -1.45. The SMILES string of the molecule is CC.Cc1cnc(F)c2[nH]ncc12. The molecule has 0 saturated heterocycles. The van der Waals surface area contributed by atoms with Gasteiger partial charge in [0.25, 0.3) is 0 Å². The summed E-state index contributed by atoms with van der Waals surface area (Å²) >= 11 is 0. The summed E-state index contributed by atoms with van der Waals surface area (Å²) in [5.41, 5.74) is 1.31. The Kier molecular flexibility index (Phi) is 2.95. The van der Waals surface area contributed by atoms with E-state index in [0.717, 1.165) is 10.9 Å². The Bertz CT molecular complexity index is 359. The topological polar surface area (TPSA) is 41.6 Å². The second kappa shape index (κ2) is 3.98. The average Bonchev–Trinajstić information content (AvgIpc) is 2.64. The first-order chi connectivity index (χ1) is 6.29. The van der Waals surface area contributed by atoms with Crippen molar-refractivity contribution in [3.8, 4) is 0 Å². The number of rotatable bonds is 0. The van der Waals surface area contributed by atoms with Crippen LogP contribution in [0.4, 0.5) is 4.39 Å². The molecular formula is C9H12FN3. The zero-order chi connectivity index (χ0) is 9.84. The lowest BCUT2D eigenvalue weighted by Gasteiger charge is -1.93. The van der Waals surface area contributed by atoms with Crippen molar-refractivity contribution in [2.75, 3.05) is 0 Å². The van der Waals surface area contributed by atoms with Crippen molar-refractivity contribution in [2.45, 2.75) is 20.8 Å². The Morgan fingerprint density at radius 3 is 2.62 bits per heavy atom. The maximum absolute atomic E-state index is 12.8. The van der Waals surface area contributed by atoms with E-state index in [0.29, 0.717) is 5.52 Å². The van der Waals surface area contributed by atoms with Crippen LogP contribution in [-0.4, -0.2) is 15.2 Å². The minimum absolute atomic E-state index is 0.380. The summed E-state index contributed by atoms with van der Waals surface area (Å²) in [5, 5.41) is 7.05. The number of H-pyrrole nitrogens is 1. The summed E-state index contributed by atoms with van der Waals surface area (Å²) in [5.74, 6) is -0.497. The molecule has 0 aliphatic carbocycles. The van der Waals surface area contributed by atoms with Gasteiger partial charge >= 0.3 is 0 Å². The van der Waals surface area contributed by atoms with Crippen LogP contribution in [0.5, 0.6) is 0 Å². The van der Waals surface area contributed by atoms with Crippen molar-refractivity contribution in [3.05, 3.63) is 23.9 Å². The van der Waals surface area contributed by atoms with Gasteiger partial charge in [-0.1, -0.05) is 13.8 Å². The van der Waals surface area contributed by atoms with Gasteiger partial charge in [0, 0.05) is 11.6 Å². The number of aryl methyl sites for hydroxylation is 1. The molecule has 2 aromatic rings. The zero-order valence-electron chi connectivity index (χ0n) is 7.93. The van der Waals surface area contributed by atoms with Crippen molar-refractivity contribution in [2.24, 2.45) is 0 Å². The number of pyridine rings is 1. The molecule has 0 spiro atoms. The molecule has 0 bridgehead atoms. The number of nitrogens with one attached hydrogen (secondary N) is 1. The number of halogens is 1. The third-order valence-electron chi connectivity index (χ3n) is 1.64. The number of nitrogens with zero attached hydrogens (tertiary/aromatic N) is 2. The number of aromatic nitrogens is 3. The maximum atomic E-state index is 12.8. The van der Waals surface area contributed by atoms with E-state index in [4.69, 9.17) is 0 Å². The largest absolute Gasteiger partial charge is 0.273 e. The van der Waals surface area contributed by atoms with E-state index < -0.39 is 5.95 Å². The lowest BCUT2D eigenvalue weighted by molar-refractivity contribution is 0.592. The summed E-state index contributed by atoms with van der Waals surface area (Å²) in [6.07, 6.45) is 3.09. The van der Waals surface area contributed by atoms with E-state index in [1.54, 1.807) is 6.20 Å². The highest BCUT2D eigenvalue weighted by molar-refractivity contribution is 5.80. The van der Waals surface area contributed by atoms with Gasteiger partial charge in [0.1, 0.15) is 5.52 Å². The fourth-order valence-electron chi connectivity index (χ4n) is 1.03. The van der Waals surface area contributed by atoms with Crippen LogP contribution in [0.15, 0.2) is 12.4 Å². The second-order valence-electron chi connectivity index (χ2n) is 2.39. The molecule has 0 amide bonds. The number of hydrogen-bond acceptors (Lipinski definition) is 2. The Morgan fingerprint density at radius 1 is 1.31 bits per heavy atom. The number of hydrogen-bond donors (Lipinski definition) is 1. The average molecular weight is 181 g/mol. The van der Waals surface area contributed by atoms with Crippen LogP contribution in [0.25, 0.3) is 10.9 Å². The first-order valence-corrected chi connectivity index (χ1v) is 4.23. The van der Waals surface area contributed by atoms with Gasteiger partial charge in [0.05, 0.1) is 6.20 Å². The summed E-state index contributed by atoms with van der Waals surface area (Å²) in [4.78, 5) is 3.54. The van der Waals surface area contributed by atoms with Crippen LogP contribution in [0.1, 0.15) is 19.4 Å². The monoisotopic (exact) mass is 181 g/mol. The molecule has 4 heteroatoms. The maximum Gasteiger partial charge on any atom is 0.238 e. The molecule has 0 aromatic carbocycles. The highest BCUT2D eigenvalue weighted by Crippen LogP contribution is 2.15. The van der Waals surface area contributed by atoms with E-state index in [2.05, 4.69) is 15.2 Å². The molecule has 13 heavy (non-hydrogen) atoms. The molecule has 0 aliphatic heterocycles. The first kappa shape index (κ1) is 9.64. The highest BCUT2D eigenvalue weighted by atomic mass is 19.1. The summed E-state index contributed by atoms with van der Waals surface area (Å²) in [6, 6.07) is 0. The van der Waals surface area contributed by atoms with E-state index in [-0.39, 0.29) is 0 Å². The number of aromatic amines is 1. The summed E-state index contributed by atoms with van der Waals surface area (Å²) in [7, 11) is 0. The van der Waals surface area contributed by atoms with E-state index in [1.807, 2.05) is 20.8 Å². The number of fused-ring (bicyclic) bond motifs is 1. The van der Waals surface area contributed by atoms with Gasteiger partial charge in [-0.15, -0.1) is 0 Å². The summed E-state index contributed by atoms with van der Waals surface area (Å²) < 4.78 is 12.8. The fraction of sp³-hybridized carbons (Fsp3) is 0.333. The first-order valence-electron chi connectivity index (χ1n) is 4.23. The molecule has 1 N–H and O–H groups in total. The lowest BCUT2D eigenvalue weighted by atomic mass is 10.2. The van der Waals surface area contributed by atoms with Crippen molar-refractivity contribution >= 4 is 10.9 Å². The Balaban J connectivity index is 0.000000396. The van der Waals surface area contributed by atoms with Gasteiger partial charge in [0.15, 0.2) is 0 Å². The van der Waals surface area contributed by atoms with Gasteiger partial charge in [-0.05, 0) is 12.5 Å². The Morgan fingerprint density at radius 2 is 2.00 bits per heavy atom. The van der Waals surface area contributed by atoms with Crippen LogP contribution in [-0.2, 0) is 0 Å². The molecule has 0 saturated carbocycles. The minimum atomic E-state index is -0.497. The van der Waals surface area contributed by atoms with Crippen molar-refractivity contribution in [1.29, 1.82) is 0 Å². The zero-order valence-corrected chi connectivity index (χ0v) is 7.93. The van der Waals surface area contributed by atoms with Gasteiger partial charge in [0.2, 0.25) is 5.95 Å². The smallest absolute Gasteiger partial charge is 0.238 e. The molecule has 0 fully saturated rings. The fourth-order valence-corrected chi connectivity index (χ4v) is 1.03. The quantitative estimate of drug-likeness (QED) is 0.634. The van der Waals surface area contributed by atoms with Crippen LogP contribution >= 0.6 is 0 Å². The predicted octanol–water partition coefficient (Wildman–Crippen LogP) is 2.43. The molecular weight excluding hydrogens is 169 g/mol. The standard InChI is InChI=1S/C7H6FN3.C2H6/c1-4-2-9-7(8)6-5(4)3-10-11-6;1-2/h2-3H,1H3,(H,10,11);1-2H3. The third kappa shape index (κ3) is 1.66. The van der Waals surface area contributed by atoms with E-state index in [1.165, 1.54) is 6.20 Å². The molecule has 0 aliphatic rings. The molecule has 0 unspecified atom stereocenters. The molecule has 0 atom stereocenters.